The van der Waals surface area contributed by atoms with Crippen LogP contribution in [0.5, 0.6) is 0 Å². The summed E-state index contributed by atoms with van der Waals surface area (Å²) in [6, 6.07) is 9.32. The van der Waals surface area contributed by atoms with Crippen LogP contribution in [0.25, 0.3) is 0 Å². The summed E-state index contributed by atoms with van der Waals surface area (Å²) in [5, 5.41) is 0. The van der Waals surface area contributed by atoms with E-state index in [1.807, 2.05) is 30.3 Å². The Labute approximate surface area is 83.5 Å². The van der Waals surface area contributed by atoms with Gasteiger partial charge >= 0.3 is 0 Å². The third-order valence-electron chi connectivity index (χ3n) is 2.46. The summed E-state index contributed by atoms with van der Waals surface area (Å²) in [7, 11) is 0. The zero-order chi connectivity index (χ0) is 8.60. The molecule has 3 heteroatoms. The zero-order valence-corrected chi connectivity index (χ0v) is 8.06. The van der Waals surface area contributed by atoms with E-state index in [0.29, 0.717) is 12.8 Å². The Balaban J connectivity index is 0.000000845. The first kappa shape index (κ1) is 10.5. The maximum absolute atomic E-state index is 13.8. The van der Waals surface area contributed by atoms with Crippen LogP contribution in [0.15, 0.2) is 30.3 Å². The molecule has 1 aliphatic carbocycles. The van der Waals surface area contributed by atoms with Gasteiger partial charge in [-0.2, -0.15) is 0 Å². The molecular weight excluding hydrogens is 189 g/mol. The molecule has 13 heavy (non-hydrogen) atoms. The van der Waals surface area contributed by atoms with Crippen LogP contribution < -0.4 is 5.73 Å². The first-order valence-electron chi connectivity index (χ1n) is 4.21. The number of hydrogen-bond acceptors (Lipinski definition) is 1. The molecule has 0 amide bonds. The Morgan fingerprint density at radius 1 is 1.23 bits per heavy atom. The Kier molecular flexibility index (Phi) is 2.94. The Morgan fingerprint density at radius 3 is 2.23 bits per heavy atom. The molecule has 0 bridgehead atoms. The van der Waals surface area contributed by atoms with Gasteiger partial charge in [0.1, 0.15) is 5.67 Å². The van der Waals surface area contributed by atoms with Gasteiger partial charge < -0.3 is 5.73 Å². The quantitative estimate of drug-likeness (QED) is 0.742. The Hall–Kier alpha value is -0.600. The van der Waals surface area contributed by atoms with Gasteiger partial charge in [0.05, 0.1) is 0 Å². The van der Waals surface area contributed by atoms with Crippen molar-refractivity contribution >= 4 is 12.4 Å². The summed E-state index contributed by atoms with van der Waals surface area (Å²) in [5.41, 5.74) is 5.18. The normalized spacial score (nSPS) is 31.7. The second-order valence-corrected chi connectivity index (χ2v) is 3.50. The van der Waals surface area contributed by atoms with Crippen molar-refractivity contribution in [2.75, 3.05) is 0 Å². The SMILES string of the molecule is Cl.NC1CC(F)(c2ccccc2)C1. The van der Waals surface area contributed by atoms with E-state index in [0.717, 1.165) is 5.56 Å². The standard InChI is InChI=1S/C10H12FN.ClH/c11-10(6-9(12)7-10)8-4-2-1-3-5-8;/h1-5,9H,6-7,12H2;1H. The molecule has 1 aliphatic rings. The van der Waals surface area contributed by atoms with Gasteiger partial charge in [-0.15, -0.1) is 12.4 Å². The van der Waals surface area contributed by atoms with E-state index in [2.05, 4.69) is 0 Å². The molecule has 0 heterocycles. The molecule has 0 radical (unpaired) electrons. The Morgan fingerprint density at radius 2 is 1.77 bits per heavy atom. The van der Waals surface area contributed by atoms with E-state index >= 15 is 0 Å². The molecule has 2 rings (SSSR count). The highest BCUT2D eigenvalue weighted by atomic mass is 35.5. The number of benzene rings is 1. The fourth-order valence-electron chi connectivity index (χ4n) is 1.74. The summed E-state index contributed by atoms with van der Waals surface area (Å²) in [4.78, 5) is 0. The van der Waals surface area contributed by atoms with Crippen molar-refractivity contribution in [3.8, 4) is 0 Å². The minimum absolute atomic E-state index is 0. The lowest BCUT2D eigenvalue weighted by Gasteiger charge is -2.39. The van der Waals surface area contributed by atoms with Gasteiger partial charge in [0, 0.05) is 18.9 Å². The van der Waals surface area contributed by atoms with Crippen molar-refractivity contribution in [1.82, 2.24) is 0 Å². The topological polar surface area (TPSA) is 26.0 Å². The summed E-state index contributed by atoms with van der Waals surface area (Å²) < 4.78 is 13.8. The predicted octanol–water partition coefficient (Wildman–Crippen LogP) is 2.39. The number of nitrogens with two attached hydrogens (primary N) is 1. The minimum Gasteiger partial charge on any atom is -0.327 e. The average Bonchev–Trinajstić information content (AvgIpc) is 2.04. The monoisotopic (exact) mass is 201 g/mol. The first-order valence-corrected chi connectivity index (χ1v) is 4.21. The highest BCUT2D eigenvalue weighted by molar-refractivity contribution is 5.85. The fraction of sp³-hybridized carbons (Fsp3) is 0.400. The molecule has 0 atom stereocenters. The van der Waals surface area contributed by atoms with Gasteiger partial charge in [-0.3, -0.25) is 0 Å². The molecule has 1 saturated carbocycles. The second kappa shape index (κ2) is 3.64. The van der Waals surface area contributed by atoms with Crippen LogP contribution in [0.2, 0.25) is 0 Å². The van der Waals surface area contributed by atoms with Crippen molar-refractivity contribution in [3.63, 3.8) is 0 Å². The van der Waals surface area contributed by atoms with Gasteiger partial charge in [-0.25, -0.2) is 4.39 Å². The molecule has 1 nitrogen and oxygen atoms in total. The molecule has 0 spiro atoms. The molecule has 1 aromatic carbocycles. The Bertz CT molecular complexity index is 270. The number of rotatable bonds is 1. The van der Waals surface area contributed by atoms with Gasteiger partial charge in [-0.05, 0) is 5.56 Å². The molecule has 2 N–H and O–H groups in total. The van der Waals surface area contributed by atoms with E-state index in [1.54, 1.807) is 0 Å². The highest BCUT2D eigenvalue weighted by Gasteiger charge is 2.44. The van der Waals surface area contributed by atoms with Crippen LogP contribution >= 0.6 is 12.4 Å². The summed E-state index contributed by atoms with van der Waals surface area (Å²) >= 11 is 0. The minimum atomic E-state index is -1.14. The molecule has 0 saturated heterocycles. The van der Waals surface area contributed by atoms with Crippen molar-refractivity contribution in [2.45, 2.75) is 24.6 Å². The van der Waals surface area contributed by atoms with E-state index in [1.165, 1.54) is 0 Å². The van der Waals surface area contributed by atoms with Crippen LogP contribution in [0.1, 0.15) is 18.4 Å². The summed E-state index contributed by atoms with van der Waals surface area (Å²) in [6.07, 6.45) is 0.939. The lowest BCUT2D eigenvalue weighted by atomic mass is 9.73. The number of halogens is 2. The van der Waals surface area contributed by atoms with Crippen molar-refractivity contribution in [3.05, 3.63) is 35.9 Å². The van der Waals surface area contributed by atoms with Gasteiger partial charge in [-0.1, -0.05) is 30.3 Å². The van der Waals surface area contributed by atoms with Crippen molar-refractivity contribution in [2.24, 2.45) is 5.73 Å². The van der Waals surface area contributed by atoms with Crippen LogP contribution in [-0.4, -0.2) is 6.04 Å². The maximum atomic E-state index is 13.8. The molecule has 0 aliphatic heterocycles. The molecule has 72 valence electrons. The fourth-order valence-corrected chi connectivity index (χ4v) is 1.74. The second-order valence-electron chi connectivity index (χ2n) is 3.50. The smallest absolute Gasteiger partial charge is 0.139 e. The van der Waals surface area contributed by atoms with Crippen LogP contribution in [0, 0.1) is 0 Å². The zero-order valence-electron chi connectivity index (χ0n) is 7.24. The van der Waals surface area contributed by atoms with Crippen molar-refractivity contribution in [1.29, 1.82) is 0 Å². The number of alkyl halides is 1. The van der Waals surface area contributed by atoms with Gasteiger partial charge in [0.25, 0.3) is 0 Å². The molecule has 0 aromatic heterocycles. The van der Waals surface area contributed by atoms with E-state index in [9.17, 15) is 4.39 Å². The van der Waals surface area contributed by atoms with Crippen LogP contribution in [-0.2, 0) is 5.67 Å². The first-order chi connectivity index (χ1) is 5.71. The number of hydrogen-bond donors (Lipinski definition) is 1. The predicted molar refractivity (Wildman–Crippen MR) is 53.7 cm³/mol. The van der Waals surface area contributed by atoms with Crippen molar-refractivity contribution < 1.29 is 4.39 Å². The third kappa shape index (κ3) is 1.84. The van der Waals surface area contributed by atoms with E-state index in [-0.39, 0.29) is 18.4 Å². The van der Waals surface area contributed by atoms with E-state index < -0.39 is 5.67 Å². The highest BCUT2D eigenvalue weighted by Crippen LogP contribution is 2.43. The summed E-state index contributed by atoms with van der Waals surface area (Å²) in [6.45, 7) is 0. The molecular formula is C10H13ClFN. The average molecular weight is 202 g/mol. The summed E-state index contributed by atoms with van der Waals surface area (Å²) in [5.74, 6) is 0. The van der Waals surface area contributed by atoms with E-state index in [4.69, 9.17) is 5.73 Å². The van der Waals surface area contributed by atoms with Crippen LogP contribution in [0.4, 0.5) is 4.39 Å². The lowest BCUT2D eigenvalue weighted by molar-refractivity contribution is 0.0406. The van der Waals surface area contributed by atoms with Gasteiger partial charge in [0.15, 0.2) is 0 Å². The lowest BCUT2D eigenvalue weighted by Crippen LogP contribution is -2.46. The molecule has 1 aromatic rings. The largest absolute Gasteiger partial charge is 0.327 e. The molecule has 0 unspecified atom stereocenters. The third-order valence-corrected chi connectivity index (χ3v) is 2.46. The molecule has 1 fully saturated rings. The maximum Gasteiger partial charge on any atom is 0.139 e. The van der Waals surface area contributed by atoms with Crippen LogP contribution in [0.3, 0.4) is 0 Å². The van der Waals surface area contributed by atoms with Gasteiger partial charge in [0.2, 0.25) is 0 Å².